The summed E-state index contributed by atoms with van der Waals surface area (Å²) >= 11 is 0. The molecule has 0 aromatic heterocycles. The molecule has 1 saturated heterocycles. The minimum atomic E-state index is -3.70. The topological polar surface area (TPSA) is 95.6 Å². The number of hydrogen-bond donors (Lipinski definition) is 2. The summed E-state index contributed by atoms with van der Waals surface area (Å²) in [6.07, 6.45) is 3.28. The quantitative estimate of drug-likeness (QED) is 0.698. The summed E-state index contributed by atoms with van der Waals surface area (Å²) in [5.41, 5.74) is 0. The highest BCUT2D eigenvalue weighted by Gasteiger charge is 2.35. The second-order valence-corrected chi connectivity index (χ2v) is 9.94. The average molecular weight is 410 g/mol. The Labute approximate surface area is 155 Å². The van der Waals surface area contributed by atoms with Crippen molar-refractivity contribution in [2.75, 3.05) is 20.1 Å². The molecule has 1 saturated carbocycles. The number of rotatable bonds is 7. The van der Waals surface area contributed by atoms with Crippen LogP contribution in [0.25, 0.3) is 0 Å². The standard InChI is InChI=1S/C15H23N3O4S2.ClH/c1-16-11-13-4-3-9-18(13)24(21,22)15-6-2-5-14(10-15)23(19,20)17-12-7-8-12;/h2,5-6,10,12-13,16-17H,3-4,7-9,11H2,1H3;1H. The molecule has 2 fully saturated rings. The largest absolute Gasteiger partial charge is 0.318 e. The van der Waals surface area contributed by atoms with Gasteiger partial charge in [-0.2, -0.15) is 4.31 Å². The molecule has 1 aliphatic heterocycles. The maximum absolute atomic E-state index is 12.9. The van der Waals surface area contributed by atoms with Crippen molar-refractivity contribution in [1.82, 2.24) is 14.3 Å². The van der Waals surface area contributed by atoms with E-state index in [0.717, 1.165) is 25.7 Å². The molecule has 0 bridgehead atoms. The molecule has 10 heteroatoms. The van der Waals surface area contributed by atoms with Gasteiger partial charge in [0.25, 0.3) is 0 Å². The van der Waals surface area contributed by atoms with Crippen LogP contribution in [-0.2, 0) is 20.0 Å². The third kappa shape index (κ3) is 4.53. The molecule has 0 spiro atoms. The molecule has 1 aromatic carbocycles. The fraction of sp³-hybridized carbons (Fsp3) is 0.600. The van der Waals surface area contributed by atoms with Crippen molar-refractivity contribution in [2.45, 2.75) is 47.6 Å². The summed E-state index contributed by atoms with van der Waals surface area (Å²) < 4.78 is 54.5. The summed E-state index contributed by atoms with van der Waals surface area (Å²) in [5, 5.41) is 3.02. The van der Waals surface area contributed by atoms with Crippen LogP contribution in [0.1, 0.15) is 25.7 Å². The van der Waals surface area contributed by atoms with E-state index >= 15 is 0 Å². The molecule has 1 atom stereocenters. The van der Waals surface area contributed by atoms with Crippen LogP contribution in [0.5, 0.6) is 0 Å². The molecule has 142 valence electrons. The maximum Gasteiger partial charge on any atom is 0.243 e. The number of likely N-dealkylation sites (N-methyl/N-ethyl adjacent to an activating group) is 1. The van der Waals surface area contributed by atoms with Gasteiger partial charge in [0.15, 0.2) is 0 Å². The predicted molar refractivity (Wildman–Crippen MR) is 97.9 cm³/mol. The van der Waals surface area contributed by atoms with Crippen LogP contribution in [0.2, 0.25) is 0 Å². The molecule has 2 N–H and O–H groups in total. The van der Waals surface area contributed by atoms with E-state index in [-0.39, 0.29) is 34.3 Å². The van der Waals surface area contributed by atoms with Crippen molar-refractivity contribution < 1.29 is 16.8 Å². The van der Waals surface area contributed by atoms with Crippen molar-refractivity contribution in [3.05, 3.63) is 24.3 Å². The normalized spacial score (nSPS) is 21.9. The first-order chi connectivity index (χ1) is 11.3. The van der Waals surface area contributed by atoms with E-state index in [2.05, 4.69) is 10.0 Å². The van der Waals surface area contributed by atoms with E-state index in [1.54, 1.807) is 7.05 Å². The molecule has 2 aliphatic rings. The highest BCUT2D eigenvalue weighted by molar-refractivity contribution is 7.90. The molecule has 0 amide bonds. The molecule has 1 aromatic rings. The first kappa shape index (κ1) is 20.6. The molecular weight excluding hydrogens is 386 g/mol. The summed E-state index contributed by atoms with van der Waals surface area (Å²) in [5.74, 6) is 0. The van der Waals surface area contributed by atoms with Gasteiger partial charge in [-0.3, -0.25) is 0 Å². The third-order valence-electron chi connectivity index (χ3n) is 4.38. The zero-order valence-corrected chi connectivity index (χ0v) is 16.5. The Morgan fingerprint density at radius 2 is 1.80 bits per heavy atom. The first-order valence-electron chi connectivity index (χ1n) is 8.13. The van der Waals surface area contributed by atoms with Gasteiger partial charge in [0.2, 0.25) is 20.0 Å². The number of nitrogens with one attached hydrogen (secondary N) is 2. The Bertz CT molecular complexity index is 810. The van der Waals surface area contributed by atoms with Gasteiger partial charge in [-0.1, -0.05) is 6.07 Å². The highest BCUT2D eigenvalue weighted by atomic mass is 35.5. The predicted octanol–water partition coefficient (Wildman–Crippen LogP) is 0.922. The van der Waals surface area contributed by atoms with E-state index < -0.39 is 20.0 Å². The second kappa shape index (κ2) is 7.89. The molecular formula is C15H24ClN3O4S2. The van der Waals surface area contributed by atoms with Gasteiger partial charge >= 0.3 is 0 Å². The van der Waals surface area contributed by atoms with E-state index in [1.165, 1.54) is 28.6 Å². The summed E-state index contributed by atoms with van der Waals surface area (Å²) in [6, 6.07) is 5.52. The van der Waals surface area contributed by atoms with Gasteiger partial charge in [-0.25, -0.2) is 21.6 Å². The smallest absolute Gasteiger partial charge is 0.243 e. The molecule has 3 rings (SSSR count). The first-order valence-corrected chi connectivity index (χ1v) is 11.1. The zero-order valence-electron chi connectivity index (χ0n) is 14.0. The fourth-order valence-corrected chi connectivity index (χ4v) is 6.16. The van der Waals surface area contributed by atoms with Crippen molar-refractivity contribution in [2.24, 2.45) is 0 Å². The lowest BCUT2D eigenvalue weighted by Crippen LogP contribution is -2.40. The lowest BCUT2D eigenvalue weighted by Gasteiger charge is -2.24. The maximum atomic E-state index is 12.9. The van der Waals surface area contributed by atoms with Gasteiger partial charge in [-0.15, -0.1) is 12.4 Å². The summed E-state index contributed by atoms with van der Waals surface area (Å²) in [4.78, 5) is 0.0315. The van der Waals surface area contributed by atoms with Crippen LogP contribution in [0.15, 0.2) is 34.1 Å². The van der Waals surface area contributed by atoms with Gasteiger partial charge < -0.3 is 5.32 Å². The molecule has 1 unspecified atom stereocenters. The van der Waals surface area contributed by atoms with Crippen LogP contribution in [0.3, 0.4) is 0 Å². The summed E-state index contributed by atoms with van der Waals surface area (Å²) in [6.45, 7) is 1.05. The second-order valence-electron chi connectivity index (χ2n) is 6.34. The van der Waals surface area contributed by atoms with Crippen molar-refractivity contribution in [3.8, 4) is 0 Å². The van der Waals surface area contributed by atoms with Gasteiger partial charge in [-0.05, 0) is 50.9 Å². The Hall–Kier alpha value is -0.710. The number of hydrogen-bond acceptors (Lipinski definition) is 5. The molecule has 25 heavy (non-hydrogen) atoms. The number of nitrogens with zero attached hydrogens (tertiary/aromatic N) is 1. The SMILES string of the molecule is CNCC1CCCN1S(=O)(=O)c1cccc(S(=O)(=O)NC2CC2)c1.Cl. The van der Waals surface area contributed by atoms with Crippen molar-refractivity contribution in [1.29, 1.82) is 0 Å². The van der Waals surface area contributed by atoms with Crippen molar-refractivity contribution >= 4 is 32.5 Å². The fourth-order valence-electron chi connectivity index (χ4n) is 2.99. The lowest BCUT2D eigenvalue weighted by atomic mass is 10.2. The highest BCUT2D eigenvalue weighted by Crippen LogP contribution is 2.28. The van der Waals surface area contributed by atoms with Crippen LogP contribution in [-0.4, -0.2) is 53.4 Å². The number of sulfonamides is 2. The molecule has 7 nitrogen and oxygen atoms in total. The van der Waals surface area contributed by atoms with Gasteiger partial charge in [0, 0.05) is 25.2 Å². The Balaban J connectivity index is 0.00000225. The van der Waals surface area contributed by atoms with E-state index in [0.29, 0.717) is 13.1 Å². The molecule has 1 aliphatic carbocycles. The zero-order chi connectivity index (χ0) is 17.4. The van der Waals surface area contributed by atoms with Crippen LogP contribution in [0, 0.1) is 0 Å². The minimum Gasteiger partial charge on any atom is -0.318 e. The van der Waals surface area contributed by atoms with Gasteiger partial charge in [0.1, 0.15) is 0 Å². The Morgan fingerprint density at radius 3 is 2.44 bits per heavy atom. The van der Waals surface area contributed by atoms with E-state index in [9.17, 15) is 16.8 Å². The van der Waals surface area contributed by atoms with Crippen molar-refractivity contribution in [3.63, 3.8) is 0 Å². The van der Waals surface area contributed by atoms with Crippen LogP contribution in [0.4, 0.5) is 0 Å². The average Bonchev–Trinajstić information content (AvgIpc) is 3.21. The Kier molecular flexibility index (Phi) is 6.50. The summed E-state index contributed by atoms with van der Waals surface area (Å²) in [7, 11) is -5.59. The monoisotopic (exact) mass is 409 g/mol. The van der Waals surface area contributed by atoms with Crippen LogP contribution >= 0.6 is 12.4 Å². The van der Waals surface area contributed by atoms with Crippen LogP contribution < -0.4 is 10.0 Å². The number of benzene rings is 1. The van der Waals surface area contributed by atoms with Gasteiger partial charge in [0.05, 0.1) is 9.79 Å². The Morgan fingerprint density at radius 1 is 1.12 bits per heavy atom. The minimum absolute atomic E-state index is 0. The third-order valence-corrected chi connectivity index (χ3v) is 7.85. The van der Waals surface area contributed by atoms with E-state index in [4.69, 9.17) is 0 Å². The number of halogens is 1. The lowest BCUT2D eigenvalue weighted by molar-refractivity contribution is 0.379. The molecule has 0 radical (unpaired) electrons. The molecule has 1 heterocycles. The van der Waals surface area contributed by atoms with E-state index in [1.807, 2.05) is 0 Å².